The average Bonchev–Trinajstić information content (AvgIpc) is 2.68. The Kier molecular flexibility index (Phi) is 6.04. The van der Waals surface area contributed by atoms with E-state index in [4.69, 9.17) is 5.11 Å². The van der Waals surface area contributed by atoms with Gasteiger partial charge in [-0.1, -0.05) is 18.2 Å². The van der Waals surface area contributed by atoms with Gasteiger partial charge in [-0.3, -0.25) is 4.79 Å². The summed E-state index contributed by atoms with van der Waals surface area (Å²) in [4.78, 5) is 14.9. The number of aliphatic hydroxyl groups is 1. The number of hydrogen-bond acceptors (Lipinski definition) is 2. The molecule has 1 heterocycles. The summed E-state index contributed by atoms with van der Waals surface area (Å²) in [6.45, 7) is 2.90. The van der Waals surface area contributed by atoms with Crippen molar-refractivity contribution in [3.05, 3.63) is 59.4 Å². The van der Waals surface area contributed by atoms with Crippen molar-refractivity contribution in [1.29, 1.82) is 0 Å². The first-order valence-corrected chi connectivity index (χ1v) is 9.38. The number of hydrogen-bond donors (Lipinski definition) is 1. The van der Waals surface area contributed by atoms with E-state index in [9.17, 15) is 9.18 Å². The molecule has 1 saturated heterocycles. The lowest BCUT2D eigenvalue weighted by molar-refractivity contribution is 0.0590. The minimum Gasteiger partial charge on any atom is -0.396 e. The standard InChI is InChI=1S/C22H26FNO2/c1-16-7-12-19(23)15-21(16)17-8-10-18(11-9-17)22(26)24-13-3-2-5-20(24)6-4-14-25/h7-12,15,20,25H,2-6,13-14H2,1H3. The highest BCUT2D eigenvalue weighted by Gasteiger charge is 2.27. The largest absolute Gasteiger partial charge is 0.396 e. The summed E-state index contributed by atoms with van der Waals surface area (Å²) in [5, 5.41) is 9.09. The molecule has 0 aromatic heterocycles. The Morgan fingerprint density at radius 3 is 2.69 bits per heavy atom. The summed E-state index contributed by atoms with van der Waals surface area (Å²) in [7, 11) is 0. The van der Waals surface area contributed by atoms with Crippen LogP contribution in [0.2, 0.25) is 0 Å². The van der Waals surface area contributed by atoms with Gasteiger partial charge in [-0.2, -0.15) is 0 Å². The third kappa shape index (κ3) is 4.13. The van der Waals surface area contributed by atoms with Gasteiger partial charge in [0.1, 0.15) is 5.82 Å². The number of aliphatic hydroxyl groups excluding tert-OH is 1. The lowest BCUT2D eigenvalue weighted by Crippen LogP contribution is -2.43. The number of likely N-dealkylation sites (tertiary alicyclic amines) is 1. The van der Waals surface area contributed by atoms with Crippen LogP contribution in [-0.2, 0) is 0 Å². The number of carbonyl (C=O) groups is 1. The van der Waals surface area contributed by atoms with Crippen LogP contribution in [-0.4, -0.2) is 35.1 Å². The molecule has 1 unspecified atom stereocenters. The van der Waals surface area contributed by atoms with Gasteiger partial charge in [0.2, 0.25) is 0 Å². The van der Waals surface area contributed by atoms with Gasteiger partial charge in [0.25, 0.3) is 5.91 Å². The van der Waals surface area contributed by atoms with Crippen LogP contribution in [0.25, 0.3) is 11.1 Å². The van der Waals surface area contributed by atoms with Crippen LogP contribution < -0.4 is 0 Å². The number of amides is 1. The normalized spacial score (nSPS) is 17.3. The maximum atomic E-state index is 13.5. The molecule has 1 aliphatic rings. The Bertz CT molecular complexity index is 757. The van der Waals surface area contributed by atoms with E-state index in [2.05, 4.69) is 0 Å². The number of rotatable bonds is 5. The molecule has 1 aliphatic heterocycles. The minimum atomic E-state index is -0.259. The maximum Gasteiger partial charge on any atom is 0.254 e. The first-order valence-electron chi connectivity index (χ1n) is 9.38. The number of piperidine rings is 1. The molecule has 0 radical (unpaired) electrons. The highest BCUT2D eigenvalue weighted by atomic mass is 19.1. The maximum absolute atomic E-state index is 13.5. The summed E-state index contributed by atoms with van der Waals surface area (Å²) < 4.78 is 13.5. The number of nitrogens with zero attached hydrogens (tertiary/aromatic N) is 1. The van der Waals surface area contributed by atoms with Crippen molar-refractivity contribution in [3.8, 4) is 11.1 Å². The lowest BCUT2D eigenvalue weighted by Gasteiger charge is -2.36. The van der Waals surface area contributed by atoms with Crippen molar-refractivity contribution < 1.29 is 14.3 Å². The Morgan fingerprint density at radius 2 is 1.96 bits per heavy atom. The average molecular weight is 355 g/mol. The summed E-state index contributed by atoms with van der Waals surface area (Å²) in [5.74, 6) is -0.207. The fourth-order valence-corrected chi connectivity index (χ4v) is 3.76. The molecular weight excluding hydrogens is 329 g/mol. The topological polar surface area (TPSA) is 40.5 Å². The van der Waals surface area contributed by atoms with E-state index in [1.807, 2.05) is 36.1 Å². The van der Waals surface area contributed by atoms with Gasteiger partial charge in [-0.15, -0.1) is 0 Å². The van der Waals surface area contributed by atoms with Gasteiger partial charge in [-0.25, -0.2) is 4.39 Å². The monoisotopic (exact) mass is 355 g/mol. The van der Waals surface area contributed by atoms with Crippen molar-refractivity contribution in [2.24, 2.45) is 0 Å². The van der Waals surface area contributed by atoms with Gasteiger partial charge >= 0.3 is 0 Å². The molecule has 1 N–H and O–H groups in total. The summed E-state index contributed by atoms with van der Waals surface area (Å²) >= 11 is 0. The zero-order valence-electron chi connectivity index (χ0n) is 15.2. The van der Waals surface area contributed by atoms with E-state index >= 15 is 0 Å². The van der Waals surface area contributed by atoms with Crippen LogP contribution in [0.5, 0.6) is 0 Å². The van der Waals surface area contributed by atoms with Gasteiger partial charge in [0, 0.05) is 24.8 Å². The van der Waals surface area contributed by atoms with Crippen LogP contribution in [0, 0.1) is 12.7 Å². The smallest absolute Gasteiger partial charge is 0.254 e. The van der Waals surface area contributed by atoms with E-state index < -0.39 is 0 Å². The Labute approximate surface area is 154 Å². The van der Waals surface area contributed by atoms with Gasteiger partial charge < -0.3 is 10.0 Å². The molecule has 0 aliphatic carbocycles. The van der Waals surface area contributed by atoms with E-state index in [0.29, 0.717) is 5.56 Å². The fraction of sp³-hybridized carbons (Fsp3) is 0.409. The highest BCUT2D eigenvalue weighted by molar-refractivity contribution is 5.95. The molecule has 0 bridgehead atoms. The molecular formula is C22H26FNO2. The quantitative estimate of drug-likeness (QED) is 0.853. The molecule has 2 aromatic rings. The van der Waals surface area contributed by atoms with Gasteiger partial charge in [-0.05, 0) is 80.0 Å². The Hall–Kier alpha value is -2.20. The summed E-state index contributed by atoms with van der Waals surface area (Å²) in [5.41, 5.74) is 3.43. The number of aryl methyl sites for hydroxylation is 1. The van der Waals surface area contributed by atoms with Crippen molar-refractivity contribution in [2.75, 3.05) is 13.2 Å². The van der Waals surface area contributed by atoms with E-state index in [-0.39, 0.29) is 24.4 Å². The Morgan fingerprint density at radius 1 is 1.19 bits per heavy atom. The summed E-state index contributed by atoms with van der Waals surface area (Å²) in [6.07, 6.45) is 4.75. The van der Waals surface area contributed by atoms with Crippen molar-refractivity contribution in [1.82, 2.24) is 4.90 Å². The first kappa shape index (κ1) is 18.6. The second kappa shape index (κ2) is 8.45. The molecule has 0 spiro atoms. The second-order valence-corrected chi connectivity index (χ2v) is 7.05. The molecule has 138 valence electrons. The third-order valence-electron chi connectivity index (χ3n) is 5.23. The van der Waals surface area contributed by atoms with Crippen LogP contribution in [0.15, 0.2) is 42.5 Å². The fourth-order valence-electron chi connectivity index (χ4n) is 3.76. The predicted octanol–water partition coefficient (Wildman–Crippen LogP) is 4.57. The van der Waals surface area contributed by atoms with Crippen molar-refractivity contribution >= 4 is 5.91 Å². The third-order valence-corrected chi connectivity index (χ3v) is 5.23. The molecule has 2 aromatic carbocycles. The Balaban J connectivity index is 1.79. The molecule has 3 nitrogen and oxygen atoms in total. The molecule has 1 fully saturated rings. The van der Waals surface area contributed by atoms with Gasteiger partial charge in [0.15, 0.2) is 0 Å². The van der Waals surface area contributed by atoms with E-state index in [0.717, 1.165) is 55.3 Å². The first-order chi connectivity index (χ1) is 12.6. The second-order valence-electron chi connectivity index (χ2n) is 7.05. The number of carbonyl (C=O) groups excluding carboxylic acids is 1. The van der Waals surface area contributed by atoms with Gasteiger partial charge in [0.05, 0.1) is 0 Å². The van der Waals surface area contributed by atoms with Crippen LogP contribution >= 0.6 is 0 Å². The number of benzene rings is 2. The van der Waals surface area contributed by atoms with Crippen LogP contribution in [0.3, 0.4) is 0 Å². The zero-order chi connectivity index (χ0) is 18.5. The molecule has 1 amide bonds. The number of halogens is 1. The van der Waals surface area contributed by atoms with Crippen molar-refractivity contribution in [3.63, 3.8) is 0 Å². The SMILES string of the molecule is Cc1ccc(F)cc1-c1ccc(C(=O)N2CCCCC2CCCO)cc1. The predicted molar refractivity (Wildman–Crippen MR) is 102 cm³/mol. The molecule has 0 saturated carbocycles. The minimum absolute atomic E-state index is 0.0511. The van der Waals surface area contributed by atoms with Crippen molar-refractivity contribution in [2.45, 2.75) is 45.1 Å². The van der Waals surface area contributed by atoms with Crippen LogP contribution in [0.1, 0.15) is 48.0 Å². The van der Waals surface area contributed by atoms with E-state index in [1.165, 1.54) is 12.1 Å². The summed E-state index contributed by atoms with van der Waals surface area (Å²) in [6, 6.07) is 12.4. The molecule has 1 atom stereocenters. The highest BCUT2D eigenvalue weighted by Crippen LogP contribution is 2.27. The molecule has 3 rings (SSSR count). The van der Waals surface area contributed by atoms with E-state index in [1.54, 1.807) is 6.07 Å². The lowest BCUT2D eigenvalue weighted by atomic mass is 9.96. The molecule has 26 heavy (non-hydrogen) atoms. The van der Waals surface area contributed by atoms with Crippen LogP contribution in [0.4, 0.5) is 4.39 Å². The molecule has 4 heteroatoms. The zero-order valence-corrected chi connectivity index (χ0v) is 15.2.